The fourth-order valence-electron chi connectivity index (χ4n) is 1.67. The maximum absolute atomic E-state index is 11.7. The first kappa shape index (κ1) is 16.7. The summed E-state index contributed by atoms with van der Waals surface area (Å²) in [4.78, 5) is 10.8. The Bertz CT molecular complexity index is 552. The van der Waals surface area contributed by atoms with E-state index in [1.54, 1.807) is 18.2 Å². The minimum Gasteiger partial charge on any atom is -0.478 e. The van der Waals surface area contributed by atoms with Crippen molar-refractivity contribution in [3.8, 4) is 0 Å². The summed E-state index contributed by atoms with van der Waals surface area (Å²) in [6.07, 6.45) is 1.10. The van der Waals surface area contributed by atoms with Crippen LogP contribution in [0.15, 0.2) is 24.3 Å². The number of carbonyl (C=O) groups is 1. The molecule has 112 valence electrons. The normalized spacial score (nSPS) is 11.8. The van der Waals surface area contributed by atoms with Gasteiger partial charge in [-0.2, -0.15) is 0 Å². The van der Waals surface area contributed by atoms with Gasteiger partial charge in [0.1, 0.15) is 0 Å². The van der Waals surface area contributed by atoms with Crippen molar-refractivity contribution in [1.82, 2.24) is 4.72 Å². The summed E-state index contributed by atoms with van der Waals surface area (Å²) in [5, 5.41) is 8.87. The molecule has 0 amide bonds. The van der Waals surface area contributed by atoms with Crippen LogP contribution in [0.1, 0.15) is 36.2 Å². The van der Waals surface area contributed by atoms with Gasteiger partial charge in [-0.25, -0.2) is 17.9 Å². The summed E-state index contributed by atoms with van der Waals surface area (Å²) < 4.78 is 25.9. The molecule has 0 fully saturated rings. The summed E-state index contributed by atoms with van der Waals surface area (Å²) in [7, 11) is -3.24. The molecular formula is C14H21NO4S. The van der Waals surface area contributed by atoms with Gasteiger partial charge < -0.3 is 5.11 Å². The van der Waals surface area contributed by atoms with E-state index in [1.165, 1.54) is 6.07 Å². The monoisotopic (exact) mass is 299 g/mol. The predicted molar refractivity (Wildman–Crippen MR) is 78.3 cm³/mol. The molecule has 2 N–H and O–H groups in total. The molecule has 0 bridgehead atoms. The van der Waals surface area contributed by atoms with Gasteiger partial charge in [0.25, 0.3) is 0 Å². The molecule has 0 unspecified atom stereocenters. The average molecular weight is 299 g/mol. The Morgan fingerprint density at radius 3 is 2.65 bits per heavy atom. The van der Waals surface area contributed by atoms with Crippen molar-refractivity contribution in [1.29, 1.82) is 0 Å². The minimum absolute atomic E-state index is 0.125. The Labute approximate surface area is 120 Å². The van der Waals surface area contributed by atoms with E-state index in [9.17, 15) is 13.2 Å². The van der Waals surface area contributed by atoms with E-state index in [0.29, 0.717) is 18.8 Å². The van der Waals surface area contributed by atoms with Crippen molar-refractivity contribution in [2.75, 3.05) is 12.3 Å². The zero-order chi connectivity index (χ0) is 15.2. The van der Waals surface area contributed by atoms with E-state index in [1.807, 2.05) is 13.8 Å². The molecule has 1 aromatic rings. The van der Waals surface area contributed by atoms with Crippen molar-refractivity contribution in [2.24, 2.45) is 5.92 Å². The fourth-order valence-corrected chi connectivity index (χ4v) is 3.01. The lowest BCUT2D eigenvalue weighted by molar-refractivity contribution is 0.0696. The lowest BCUT2D eigenvalue weighted by Gasteiger charge is -2.08. The highest BCUT2D eigenvalue weighted by atomic mass is 32.2. The Morgan fingerprint density at radius 1 is 1.35 bits per heavy atom. The molecule has 6 heteroatoms. The van der Waals surface area contributed by atoms with Crippen molar-refractivity contribution in [3.63, 3.8) is 0 Å². The Balaban J connectivity index is 2.48. The molecule has 1 rings (SSSR count). The lowest BCUT2D eigenvalue weighted by atomic mass is 10.1. The van der Waals surface area contributed by atoms with Crippen LogP contribution in [0.4, 0.5) is 0 Å². The molecule has 5 nitrogen and oxygen atoms in total. The summed E-state index contributed by atoms with van der Waals surface area (Å²) >= 11 is 0. The highest BCUT2D eigenvalue weighted by Gasteiger charge is 2.10. The van der Waals surface area contributed by atoms with Crippen LogP contribution >= 0.6 is 0 Å². The van der Waals surface area contributed by atoms with E-state index in [0.717, 1.165) is 5.56 Å². The molecule has 1 aromatic carbocycles. The largest absolute Gasteiger partial charge is 0.478 e. The van der Waals surface area contributed by atoms with E-state index < -0.39 is 16.0 Å². The molecule has 0 aliphatic heterocycles. The molecule has 0 saturated carbocycles. The molecular weight excluding hydrogens is 278 g/mol. The van der Waals surface area contributed by atoms with Crippen LogP contribution in [0, 0.1) is 5.92 Å². The number of sulfonamides is 1. The topological polar surface area (TPSA) is 83.5 Å². The number of hydrogen-bond donors (Lipinski definition) is 2. The zero-order valence-electron chi connectivity index (χ0n) is 11.8. The molecule has 0 spiro atoms. The molecule has 0 aliphatic rings. The van der Waals surface area contributed by atoms with Gasteiger partial charge in [0.2, 0.25) is 10.0 Å². The van der Waals surface area contributed by atoms with Crippen LogP contribution in [0.5, 0.6) is 0 Å². The first-order chi connectivity index (χ1) is 9.30. The number of rotatable bonds is 8. The lowest BCUT2D eigenvalue weighted by Crippen LogP contribution is -2.28. The summed E-state index contributed by atoms with van der Waals surface area (Å²) in [5.74, 6) is -0.511. The van der Waals surface area contributed by atoms with Crippen LogP contribution in [0.25, 0.3) is 0 Å². The second kappa shape index (κ2) is 7.40. The predicted octanol–water partition coefficient (Wildman–Crippen LogP) is 1.89. The Hall–Kier alpha value is -1.40. The second-order valence-electron chi connectivity index (χ2n) is 5.15. The summed E-state index contributed by atoms with van der Waals surface area (Å²) in [6, 6.07) is 6.52. The molecule has 20 heavy (non-hydrogen) atoms. The molecule has 0 saturated heterocycles. The quantitative estimate of drug-likeness (QED) is 0.768. The maximum Gasteiger partial charge on any atom is 0.335 e. The maximum atomic E-state index is 11.7. The van der Waals surface area contributed by atoms with E-state index in [2.05, 4.69) is 4.72 Å². The minimum atomic E-state index is -3.24. The van der Waals surface area contributed by atoms with Crippen LogP contribution < -0.4 is 4.72 Å². The number of carboxylic acids is 1. The molecule has 0 heterocycles. The van der Waals surface area contributed by atoms with Crippen molar-refractivity contribution in [2.45, 2.75) is 26.7 Å². The standard InChI is InChI=1S/C14H21NO4S/c1-11(2)7-9-20(18,19)15-8-6-12-4-3-5-13(10-12)14(16)17/h3-5,10-11,15H,6-9H2,1-2H3,(H,16,17). The molecule has 0 atom stereocenters. The van der Waals surface area contributed by atoms with Crippen molar-refractivity contribution >= 4 is 16.0 Å². The van der Waals surface area contributed by atoms with Crippen LogP contribution in [0.3, 0.4) is 0 Å². The van der Waals surface area contributed by atoms with Gasteiger partial charge in [-0.05, 0) is 36.5 Å². The number of carboxylic acid groups (broad SMARTS) is 1. The van der Waals surface area contributed by atoms with Gasteiger partial charge in [0.05, 0.1) is 11.3 Å². The van der Waals surface area contributed by atoms with Gasteiger partial charge >= 0.3 is 5.97 Å². The second-order valence-corrected chi connectivity index (χ2v) is 7.08. The molecule has 0 aromatic heterocycles. The van der Waals surface area contributed by atoms with Gasteiger partial charge in [0, 0.05) is 6.54 Å². The smallest absolute Gasteiger partial charge is 0.335 e. The van der Waals surface area contributed by atoms with Crippen molar-refractivity contribution < 1.29 is 18.3 Å². The van der Waals surface area contributed by atoms with E-state index in [4.69, 9.17) is 5.11 Å². The van der Waals surface area contributed by atoms with Crippen LogP contribution in [-0.4, -0.2) is 31.8 Å². The van der Waals surface area contributed by atoms with Crippen LogP contribution in [-0.2, 0) is 16.4 Å². The first-order valence-electron chi connectivity index (χ1n) is 6.60. The molecule has 0 radical (unpaired) electrons. The van der Waals surface area contributed by atoms with Crippen LogP contribution in [0.2, 0.25) is 0 Å². The van der Waals surface area contributed by atoms with Gasteiger partial charge in [-0.15, -0.1) is 0 Å². The fraction of sp³-hybridized carbons (Fsp3) is 0.500. The third-order valence-corrected chi connectivity index (χ3v) is 4.29. The Morgan fingerprint density at radius 2 is 2.05 bits per heavy atom. The number of benzene rings is 1. The average Bonchev–Trinajstić information content (AvgIpc) is 2.37. The highest BCUT2D eigenvalue weighted by Crippen LogP contribution is 2.06. The van der Waals surface area contributed by atoms with Crippen molar-refractivity contribution in [3.05, 3.63) is 35.4 Å². The SMILES string of the molecule is CC(C)CCS(=O)(=O)NCCc1cccc(C(=O)O)c1. The highest BCUT2D eigenvalue weighted by molar-refractivity contribution is 7.89. The van der Waals surface area contributed by atoms with Gasteiger partial charge in [-0.1, -0.05) is 26.0 Å². The third kappa shape index (κ3) is 6.16. The molecule has 0 aliphatic carbocycles. The van der Waals surface area contributed by atoms with Gasteiger partial charge in [0.15, 0.2) is 0 Å². The van der Waals surface area contributed by atoms with E-state index in [-0.39, 0.29) is 17.9 Å². The first-order valence-corrected chi connectivity index (χ1v) is 8.25. The zero-order valence-corrected chi connectivity index (χ0v) is 12.6. The Kier molecular flexibility index (Phi) is 6.16. The third-order valence-electron chi connectivity index (χ3n) is 2.87. The van der Waals surface area contributed by atoms with Gasteiger partial charge in [-0.3, -0.25) is 0 Å². The number of aromatic carboxylic acids is 1. The number of nitrogens with one attached hydrogen (secondary N) is 1. The summed E-state index contributed by atoms with van der Waals surface area (Å²) in [6.45, 7) is 4.24. The summed E-state index contributed by atoms with van der Waals surface area (Å²) in [5.41, 5.74) is 1.02. The number of hydrogen-bond acceptors (Lipinski definition) is 3. The van der Waals surface area contributed by atoms with E-state index >= 15 is 0 Å².